The highest BCUT2D eigenvalue weighted by atomic mass is 35.5. The molecule has 3 rings (SSSR count). The molecule has 0 spiro atoms. The lowest BCUT2D eigenvalue weighted by Crippen LogP contribution is -2.40. The zero-order chi connectivity index (χ0) is 19.5. The number of sulfone groups is 1. The second kappa shape index (κ2) is 7.87. The number of hydrogen-bond donors (Lipinski definition) is 0. The molecule has 0 N–H and O–H groups in total. The molecular weight excluding hydrogens is 384 g/mol. The second-order valence-electron chi connectivity index (χ2n) is 6.55. The van der Waals surface area contributed by atoms with Crippen LogP contribution in [0.15, 0.2) is 77.7 Å². The summed E-state index contributed by atoms with van der Waals surface area (Å²) in [6.07, 6.45) is 4.43. The smallest absolute Gasteiger partial charge is 0.308 e. The third-order valence-electron chi connectivity index (χ3n) is 4.95. The lowest BCUT2D eigenvalue weighted by atomic mass is 9.82. The molecule has 2 aromatic rings. The minimum Gasteiger partial charge on any atom is -0.469 e. The van der Waals surface area contributed by atoms with Gasteiger partial charge < -0.3 is 4.74 Å². The van der Waals surface area contributed by atoms with E-state index in [0.717, 1.165) is 0 Å². The quantitative estimate of drug-likeness (QED) is 0.423. The van der Waals surface area contributed by atoms with Crippen molar-refractivity contribution in [3.05, 3.63) is 78.4 Å². The molecule has 6 heteroatoms. The number of esters is 1. The van der Waals surface area contributed by atoms with Gasteiger partial charge in [0.2, 0.25) is 9.84 Å². The Morgan fingerprint density at radius 3 is 2.26 bits per heavy atom. The average Bonchev–Trinajstić information content (AvgIpc) is 2.73. The van der Waals surface area contributed by atoms with E-state index in [0.29, 0.717) is 18.4 Å². The van der Waals surface area contributed by atoms with Gasteiger partial charge in [0.1, 0.15) is 0 Å². The third kappa shape index (κ3) is 3.54. The molecule has 0 aliphatic heterocycles. The molecule has 0 radical (unpaired) electrons. The number of halogens is 1. The fraction of sp³-hybridized carbons (Fsp3) is 0.286. The number of carbonyl (C=O) groups excluding carboxylic acids is 1. The van der Waals surface area contributed by atoms with Crippen LogP contribution in [-0.4, -0.2) is 21.5 Å². The van der Waals surface area contributed by atoms with E-state index >= 15 is 0 Å². The Morgan fingerprint density at radius 2 is 1.67 bits per heavy atom. The molecule has 0 saturated heterocycles. The van der Waals surface area contributed by atoms with Gasteiger partial charge in [-0.2, -0.15) is 0 Å². The zero-order valence-electron chi connectivity index (χ0n) is 14.9. The molecule has 0 aromatic heterocycles. The summed E-state index contributed by atoms with van der Waals surface area (Å²) in [6.45, 7) is 0. The van der Waals surface area contributed by atoms with Crippen molar-refractivity contribution in [1.82, 2.24) is 0 Å². The van der Waals surface area contributed by atoms with Crippen molar-refractivity contribution in [2.75, 3.05) is 7.11 Å². The van der Waals surface area contributed by atoms with E-state index in [9.17, 15) is 13.2 Å². The maximum Gasteiger partial charge on any atom is 0.308 e. The number of allylic oxidation sites excluding steroid dienone is 2. The highest BCUT2D eigenvalue weighted by Gasteiger charge is 2.51. The van der Waals surface area contributed by atoms with Gasteiger partial charge in [-0.3, -0.25) is 4.79 Å². The molecule has 0 heterocycles. The summed E-state index contributed by atoms with van der Waals surface area (Å²) < 4.78 is 30.4. The first-order valence-electron chi connectivity index (χ1n) is 8.70. The molecule has 1 unspecified atom stereocenters. The molecule has 0 amide bonds. The number of methoxy groups -OCH3 is 1. The Balaban J connectivity index is 2.14. The predicted octanol–water partition coefficient (Wildman–Crippen LogP) is 4.31. The zero-order valence-corrected chi connectivity index (χ0v) is 16.5. The van der Waals surface area contributed by atoms with Crippen molar-refractivity contribution in [3.8, 4) is 0 Å². The second-order valence-corrected chi connectivity index (χ2v) is 9.50. The number of hydrogen-bond acceptors (Lipinski definition) is 4. The lowest BCUT2D eigenvalue weighted by Gasteiger charge is -2.37. The van der Waals surface area contributed by atoms with Crippen molar-refractivity contribution >= 4 is 27.4 Å². The number of alkyl halides is 1. The van der Waals surface area contributed by atoms with Crippen LogP contribution >= 0.6 is 11.6 Å². The molecule has 4 nitrogen and oxygen atoms in total. The molecule has 0 saturated carbocycles. The van der Waals surface area contributed by atoms with E-state index in [2.05, 4.69) is 0 Å². The van der Waals surface area contributed by atoms with Crippen molar-refractivity contribution < 1.29 is 17.9 Å². The van der Waals surface area contributed by atoms with Gasteiger partial charge in [0.15, 0.2) is 4.21 Å². The van der Waals surface area contributed by atoms with Crippen LogP contribution in [0.3, 0.4) is 0 Å². The van der Waals surface area contributed by atoms with E-state index in [1.54, 1.807) is 60.7 Å². The van der Waals surface area contributed by atoms with Crippen LogP contribution in [-0.2, 0) is 23.6 Å². The maximum absolute atomic E-state index is 13.6. The molecule has 142 valence electrons. The molecular formula is C21H21ClO4S. The first-order chi connectivity index (χ1) is 12.9. The number of ether oxygens (including phenoxy) is 1. The predicted molar refractivity (Wildman–Crippen MR) is 105 cm³/mol. The van der Waals surface area contributed by atoms with Gasteiger partial charge >= 0.3 is 5.97 Å². The fourth-order valence-electron chi connectivity index (χ4n) is 3.53. The third-order valence-corrected chi connectivity index (χ3v) is 8.27. The van der Waals surface area contributed by atoms with Gasteiger partial charge in [0.05, 0.1) is 17.9 Å². The summed E-state index contributed by atoms with van der Waals surface area (Å²) in [5.74, 6) is -1.35. The molecule has 2 aromatic carbocycles. The van der Waals surface area contributed by atoms with Crippen LogP contribution in [0.4, 0.5) is 0 Å². The van der Waals surface area contributed by atoms with E-state index in [1.165, 1.54) is 7.11 Å². The molecule has 0 bridgehead atoms. The number of rotatable bonds is 5. The molecule has 27 heavy (non-hydrogen) atoms. The Labute approximate surface area is 164 Å². The van der Waals surface area contributed by atoms with Crippen molar-refractivity contribution in [1.29, 1.82) is 0 Å². The minimum atomic E-state index is -3.95. The molecule has 3 atom stereocenters. The van der Waals surface area contributed by atoms with Crippen LogP contribution in [0.25, 0.3) is 0 Å². The lowest BCUT2D eigenvalue weighted by molar-refractivity contribution is -0.146. The van der Waals surface area contributed by atoms with Crippen LogP contribution in [0.2, 0.25) is 0 Å². The van der Waals surface area contributed by atoms with E-state index in [-0.39, 0.29) is 10.9 Å². The largest absolute Gasteiger partial charge is 0.469 e. The van der Waals surface area contributed by atoms with Crippen molar-refractivity contribution in [3.63, 3.8) is 0 Å². The van der Waals surface area contributed by atoms with Crippen LogP contribution < -0.4 is 0 Å². The number of carbonyl (C=O) groups is 1. The van der Waals surface area contributed by atoms with E-state index in [4.69, 9.17) is 16.3 Å². The first-order valence-corrected chi connectivity index (χ1v) is 10.6. The maximum atomic E-state index is 13.6. The summed E-state index contributed by atoms with van der Waals surface area (Å²) in [4.78, 5) is 12.2. The SMILES string of the molecule is COC(=O)[C@@H]1CC=C[C@H](C(Cl)(c2ccccc2)S(=O)(=O)c2ccccc2)C1. The Hall–Kier alpha value is -2.11. The Kier molecular flexibility index (Phi) is 5.72. The van der Waals surface area contributed by atoms with Gasteiger partial charge in [-0.1, -0.05) is 72.3 Å². The van der Waals surface area contributed by atoms with Gasteiger partial charge in [-0.25, -0.2) is 8.42 Å². The summed E-state index contributed by atoms with van der Waals surface area (Å²) in [6, 6.07) is 16.9. The van der Waals surface area contributed by atoms with Crippen LogP contribution in [0, 0.1) is 11.8 Å². The summed E-state index contributed by atoms with van der Waals surface area (Å²) >= 11 is 6.99. The van der Waals surface area contributed by atoms with Gasteiger partial charge in [-0.05, 0) is 30.5 Å². The molecule has 1 aliphatic rings. The standard InChI is InChI=1S/C21H21ClO4S/c1-26-20(23)16-9-8-12-18(15-16)21(22,17-10-4-2-5-11-17)27(24,25)19-13-6-3-7-14-19/h2-8,10-14,16,18H,9,15H2,1H3/t16-,18+,21?/m1/s1. The highest BCUT2D eigenvalue weighted by molar-refractivity contribution is 7.93. The topological polar surface area (TPSA) is 60.4 Å². The monoisotopic (exact) mass is 404 g/mol. The van der Waals surface area contributed by atoms with Gasteiger partial charge in [-0.15, -0.1) is 0 Å². The van der Waals surface area contributed by atoms with Gasteiger partial charge in [0.25, 0.3) is 0 Å². The summed E-state index contributed by atoms with van der Waals surface area (Å²) in [5, 5.41) is 0. The normalized spacial score (nSPS) is 22.0. The first kappa shape index (κ1) is 19.6. The molecule has 1 aliphatic carbocycles. The van der Waals surface area contributed by atoms with E-state index in [1.807, 2.05) is 12.1 Å². The van der Waals surface area contributed by atoms with Crippen molar-refractivity contribution in [2.24, 2.45) is 11.8 Å². The Bertz CT molecular complexity index is 925. The Morgan fingerprint density at radius 1 is 1.07 bits per heavy atom. The van der Waals surface area contributed by atoms with Crippen LogP contribution in [0.5, 0.6) is 0 Å². The van der Waals surface area contributed by atoms with E-state index < -0.39 is 25.9 Å². The number of benzene rings is 2. The molecule has 0 fully saturated rings. The minimum absolute atomic E-state index is 0.150. The fourth-order valence-corrected chi connectivity index (χ4v) is 5.96. The van der Waals surface area contributed by atoms with Crippen LogP contribution in [0.1, 0.15) is 18.4 Å². The van der Waals surface area contributed by atoms with Gasteiger partial charge in [0, 0.05) is 5.92 Å². The average molecular weight is 405 g/mol. The van der Waals surface area contributed by atoms with Crippen molar-refractivity contribution in [2.45, 2.75) is 21.9 Å². The summed E-state index contributed by atoms with van der Waals surface area (Å²) in [7, 11) is -2.61. The highest BCUT2D eigenvalue weighted by Crippen LogP contribution is 2.49. The summed E-state index contributed by atoms with van der Waals surface area (Å²) in [5.41, 5.74) is 0.482.